The van der Waals surface area contributed by atoms with Crippen molar-refractivity contribution in [2.45, 2.75) is 19.2 Å². The van der Waals surface area contributed by atoms with E-state index < -0.39 is 0 Å². The molecule has 0 unspecified atom stereocenters. The molecule has 2 aromatic rings. The summed E-state index contributed by atoms with van der Waals surface area (Å²) in [6, 6.07) is 10.7. The van der Waals surface area contributed by atoms with Crippen molar-refractivity contribution < 1.29 is 0 Å². The fourth-order valence-electron chi connectivity index (χ4n) is 1.68. The molecule has 0 atom stereocenters. The lowest BCUT2D eigenvalue weighted by Gasteiger charge is -2.01. The molecule has 0 saturated carbocycles. The lowest BCUT2D eigenvalue weighted by atomic mass is 10.1. The van der Waals surface area contributed by atoms with Crippen molar-refractivity contribution in [3.8, 4) is 11.3 Å². The van der Waals surface area contributed by atoms with Crippen molar-refractivity contribution in [2.24, 2.45) is 0 Å². The van der Waals surface area contributed by atoms with E-state index in [0.717, 1.165) is 18.0 Å². The normalized spacial score (nSPS) is 10.6. The SMILES string of the molecule is CCn1ccc(-c2cccc(CSC)c2)n1. The number of nitrogens with zero attached hydrogens (tertiary/aromatic N) is 2. The second-order valence-corrected chi connectivity index (χ2v) is 4.56. The van der Waals surface area contributed by atoms with Crippen LogP contribution in [0.25, 0.3) is 11.3 Å². The maximum atomic E-state index is 4.51. The van der Waals surface area contributed by atoms with Crippen LogP contribution in [0.5, 0.6) is 0 Å². The molecule has 0 spiro atoms. The van der Waals surface area contributed by atoms with Gasteiger partial charge in [0.05, 0.1) is 5.69 Å². The molecule has 1 aromatic carbocycles. The monoisotopic (exact) mass is 232 g/mol. The standard InChI is InChI=1S/C13H16N2S/c1-3-15-8-7-13(14-15)12-6-4-5-11(9-12)10-16-2/h4-9H,3,10H2,1-2H3. The fraction of sp³-hybridized carbons (Fsp3) is 0.308. The molecule has 0 fully saturated rings. The molecule has 0 N–H and O–H groups in total. The third-order valence-electron chi connectivity index (χ3n) is 2.50. The molecular formula is C13H16N2S. The van der Waals surface area contributed by atoms with Crippen LogP contribution in [-0.2, 0) is 12.3 Å². The highest BCUT2D eigenvalue weighted by atomic mass is 32.2. The van der Waals surface area contributed by atoms with Gasteiger partial charge in [0.1, 0.15) is 0 Å². The highest BCUT2D eigenvalue weighted by Crippen LogP contribution is 2.20. The van der Waals surface area contributed by atoms with Gasteiger partial charge in [-0.2, -0.15) is 16.9 Å². The first-order valence-electron chi connectivity index (χ1n) is 5.45. The predicted molar refractivity (Wildman–Crippen MR) is 70.6 cm³/mol. The number of aromatic nitrogens is 2. The first-order chi connectivity index (χ1) is 7.83. The van der Waals surface area contributed by atoms with E-state index in [2.05, 4.69) is 48.6 Å². The summed E-state index contributed by atoms with van der Waals surface area (Å²) in [5, 5.41) is 4.51. The summed E-state index contributed by atoms with van der Waals surface area (Å²) in [6.45, 7) is 3.02. The molecule has 0 aliphatic heterocycles. The molecule has 16 heavy (non-hydrogen) atoms. The zero-order valence-electron chi connectivity index (χ0n) is 9.68. The first-order valence-corrected chi connectivity index (χ1v) is 6.84. The Labute approximate surface area is 101 Å². The van der Waals surface area contributed by atoms with Crippen LogP contribution in [0.3, 0.4) is 0 Å². The smallest absolute Gasteiger partial charge is 0.0923 e. The van der Waals surface area contributed by atoms with E-state index in [1.807, 2.05) is 22.6 Å². The molecule has 0 aliphatic rings. The van der Waals surface area contributed by atoms with E-state index in [1.165, 1.54) is 11.1 Å². The number of aryl methyl sites for hydroxylation is 1. The van der Waals surface area contributed by atoms with Gasteiger partial charge in [0.2, 0.25) is 0 Å². The number of benzene rings is 1. The molecular weight excluding hydrogens is 216 g/mol. The molecule has 1 heterocycles. The van der Waals surface area contributed by atoms with Crippen LogP contribution >= 0.6 is 11.8 Å². The summed E-state index contributed by atoms with van der Waals surface area (Å²) in [5.41, 5.74) is 3.62. The molecule has 1 aromatic heterocycles. The Bertz CT molecular complexity index is 462. The van der Waals surface area contributed by atoms with Gasteiger partial charge in [-0.1, -0.05) is 18.2 Å². The van der Waals surface area contributed by atoms with Gasteiger partial charge in [0, 0.05) is 24.1 Å². The van der Waals surface area contributed by atoms with Crippen LogP contribution in [0.4, 0.5) is 0 Å². The van der Waals surface area contributed by atoms with Gasteiger partial charge in [-0.25, -0.2) is 0 Å². The van der Waals surface area contributed by atoms with Crippen LogP contribution in [0.15, 0.2) is 36.5 Å². The summed E-state index contributed by atoms with van der Waals surface area (Å²) < 4.78 is 1.95. The van der Waals surface area contributed by atoms with E-state index in [0.29, 0.717) is 0 Å². The Morgan fingerprint density at radius 1 is 1.31 bits per heavy atom. The van der Waals surface area contributed by atoms with Crippen molar-refractivity contribution >= 4 is 11.8 Å². The first kappa shape index (κ1) is 11.3. The van der Waals surface area contributed by atoms with Crippen LogP contribution in [0.2, 0.25) is 0 Å². The van der Waals surface area contributed by atoms with E-state index in [1.54, 1.807) is 0 Å². The maximum absolute atomic E-state index is 4.51. The summed E-state index contributed by atoms with van der Waals surface area (Å²) >= 11 is 1.84. The van der Waals surface area contributed by atoms with Crippen LogP contribution in [0, 0.1) is 0 Å². The Morgan fingerprint density at radius 3 is 2.88 bits per heavy atom. The summed E-state index contributed by atoms with van der Waals surface area (Å²) in [6.07, 6.45) is 4.15. The molecule has 3 heteroatoms. The van der Waals surface area contributed by atoms with Crippen molar-refractivity contribution in [2.75, 3.05) is 6.26 Å². The Morgan fingerprint density at radius 2 is 2.19 bits per heavy atom. The van der Waals surface area contributed by atoms with Gasteiger partial charge in [-0.15, -0.1) is 0 Å². The van der Waals surface area contributed by atoms with E-state index in [9.17, 15) is 0 Å². The lowest BCUT2D eigenvalue weighted by molar-refractivity contribution is 0.662. The van der Waals surface area contributed by atoms with Crippen molar-refractivity contribution in [1.29, 1.82) is 0 Å². The van der Waals surface area contributed by atoms with Crippen molar-refractivity contribution in [3.63, 3.8) is 0 Å². The summed E-state index contributed by atoms with van der Waals surface area (Å²) in [7, 11) is 0. The minimum absolute atomic E-state index is 0.921. The maximum Gasteiger partial charge on any atom is 0.0923 e. The topological polar surface area (TPSA) is 17.8 Å². The average molecular weight is 232 g/mol. The number of rotatable bonds is 4. The summed E-state index contributed by atoms with van der Waals surface area (Å²) in [5.74, 6) is 1.06. The van der Waals surface area contributed by atoms with Gasteiger partial charge in [0.25, 0.3) is 0 Å². The molecule has 0 aliphatic carbocycles. The highest BCUT2D eigenvalue weighted by Gasteiger charge is 2.02. The molecule has 84 valence electrons. The third kappa shape index (κ3) is 2.47. The van der Waals surface area contributed by atoms with Crippen molar-refractivity contribution in [3.05, 3.63) is 42.1 Å². The van der Waals surface area contributed by atoms with Gasteiger partial charge in [0.15, 0.2) is 0 Å². The molecule has 2 nitrogen and oxygen atoms in total. The zero-order valence-corrected chi connectivity index (χ0v) is 10.5. The molecule has 0 amide bonds. The largest absolute Gasteiger partial charge is 0.272 e. The highest BCUT2D eigenvalue weighted by molar-refractivity contribution is 7.97. The molecule has 2 rings (SSSR count). The zero-order chi connectivity index (χ0) is 11.4. The van der Waals surface area contributed by atoms with E-state index in [4.69, 9.17) is 0 Å². The van der Waals surface area contributed by atoms with Crippen LogP contribution in [-0.4, -0.2) is 16.0 Å². The number of hydrogen-bond donors (Lipinski definition) is 0. The minimum atomic E-state index is 0.921. The minimum Gasteiger partial charge on any atom is -0.272 e. The Kier molecular flexibility index (Phi) is 3.67. The molecule has 0 radical (unpaired) electrons. The van der Waals surface area contributed by atoms with Crippen LogP contribution < -0.4 is 0 Å². The molecule has 0 saturated heterocycles. The predicted octanol–water partition coefficient (Wildman–Crippen LogP) is 3.43. The lowest BCUT2D eigenvalue weighted by Crippen LogP contribution is -1.94. The van der Waals surface area contributed by atoms with Crippen LogP contribution in [0.1, 0.15) is 12.5 Å². The van der Waals surface area contributed by atoms with Gasteiger partial charge in [-0.05, 0) is 30.9 Å². The quantitative estimate of drug-likeness (QED) is 0.803. The van der Waals surface area contributed by atoms with Gasteiger partial charge < -0.3 is 0 Å². The molecule has 0 bridgehead atoms. The van der Waals surface area contributed by atoms with Gasteiger partial charge in [-0.3, -0.25) is 4.68 Å². The fourth-order valence-corrected chi connectivity index (χ4v) is 2.19. The second-order valence-electron chi connectivity index (χ2n) is 3.69. The second kappa shape index (κ2) is 5.21. The number of hydrogen-bond acceptors (Lipinski definition) is 2. The van der Waals surface area contributed by atoms with Gasteiger partial charge >= 0.3 is 0 Å². The summed E-state index contributed by atoms with van der Waals surface area (Å²) in [4.78, 5) is 0. The Balaban J connectivity index is 2.28. The van der Waals surface area contributed by atoms with Crippen molar-refractivity contribution in [1.82, 2.24) is 9.78 Å². The average Bonchev–Trinajstić information content (AvgIpc) is 2.78. The van der Waals surface area contributed by atoms with E-state index in [-0.39, 0.29) is 0 Å². The third-order valence-corrected chi connectivity index (χ3v) is 3.12. The number of thioether (sulfide) groups is 1. The van der Waals surface area contributed by atoms with E-state index >= 15 is 0 Å². The Hall–Kier alpha value is -1.22.